The Balaban J connectivity index is 1.68. The van der Waals surface area contributed by atoms with Gasteiger partial charge in [-0.15, -0.1) is 4.86 Å². The number of aromatic nitrogens is 4. The van der Waals surface area contributed by atoms with E-state index in [9.17, 15) is 43.3 Å². The molecular formula is C16H26N7O14P3. The van der Waals surface area contributed by atoms with E-state index in [-0.39, 0.29) is 29.6 Å². The van der Waals surface area contributed by atoms with Crippen molar-refractivity contribution in [3.05, 3.63) is 29.3 Å². The molecule has 1 fully saturated rings. The summed E-state index contributed by atoms with van der Waals surface area (Å²) >= 11 is 0. The molecule has 0 radical (unpaired) electrons. The molecule has 224 valence electrons. The van der Waals surface area contributed by atoms with Crippen molar-refractivity contribution in [2.75, 3.05) is 25.0 Å². The van der Waals surface area contributed by atoms with Gasteiger partial charge < -0.3 is 45.2 Å². The molecular weight excluding hydrogens is 607 g/mol. The van der Waals surface area contributed by atoms with Gasteiger partial charge in [-0.2, -0.15) is 9.29 Å². The third kappa shape index (κ3) is 8.58. The van der Waals surface area contributed by atoms with Crippen molar-refractivity contribution in [1.82, 2.24) is 29.7 Å². The molecule has 1 aliphatic heterocycles. The molecule has 21 nitrogen and oxygen atoms in total. The summed E-state index contributed by atoms with van der Waals surface area (Å²) in [7, 11) is -16.3. The fourth-order valence-electron chi connectivity index (χ4n) is 3.39. The van der Waals surface area contributed by atoms with Crippen molar-refractivity contribution >= 4 is 46.3 Å². The zero-order valence-corrected chi connectivity index (χ0v) is 22.8. The lowest BCUT2D eigenvalue weighted by atomic mass is 10.1. The second kappa shape index (κ2) is 12.7. The SMILES string of the molecule is C=CC(=O)NCCCNc1nc2c(ncn2C2OC(COP(=O)(O)OP(=O)(O)NP(=O)(O)O)C(O)C2O)c(=O)[nH]1. The van der Waals surface area contributed by atoms with Gasteiger partial charge in [-0.25, -0.2) is 18.7 Å². The first kappa shape index (κ1) is 32.2. The lowest BCUT2D eigenvalue weighted by molar-refractivity contribution is -0.116. The first-order chi connectivity index (χ1) is 18.5. The molecule has 0 aromatic carbocycles. The smallest absolute Gasteiger partial charge is 0.387 e. The van der Waals surface area contributed by atoms with Gasteiger partial charge in [0.25, 0.3) is 5.56 Å². The maximum absolute atomic E-state index is 12.4. The van der Waals surface area contributed by atoms with Crippen molar-refractivity contribution in [2.45, 2.75) is 31.0 Å². The first-order valence-corrected chi connectivity index (χ1v) is 15.7. The van der Waals surface area contributed by atoms with Crippen LogP contribution >= 0.6 is 23.3 Å². The number of H-pyrrole nitrogens is 1. The van der Waals surface area contributed by atoms with Gasteiger partial charge in [0.1, 0.15) is 18.3 Å². The van der Waals surface area contributed by atoms with Gasteiger partial charge in [-0.1, -0.05) is 6.58 Å². The number of imidazole rings is 1. The van der Waals surface area contributed by atoms with Crippen molar-refractivity contribution in [3.8, 4) is 0 Å². The van der Waals surface area contributed by atoms with Crippen LogP contribution in [0.4, 0.5) is 5.95 Å². The highest BCUT2D eigenvalue weighted by atomic mass is 31.3. The number of nitrogens with one attached hydrogen (secondary N) is 4. The van der Waals surface area contributed by atoms with E-state index in [1.165, 1.54) is 0 Å². The quantitative estimate of drug-likeness (QED) is 0.0597. The summed E-state index contributed by atoms with van der Waals surface area (Å²) in [6.07, 6.45) is -3.80. The van der Waals surface area contributed by atoms with Crippen LogP contribution in [0.25, 0.3) is 11.2 Å². The van der Waals surface area contributed by atoms with Crippen LogP contribution in [0.15, 0.2) is 23.8 Å². The normalized spacial score (nSPS) is 24.4. The molecule has 6 unspecified atom stereocenters. The van der Waals surface area contributed by atoms with Crippen molar-refractivity contribution in [2.24, 2.45) is 0 Å². The second-order valence-electron chi connectivity index (χ2n) is 8.07. The van der Waals surface area contributed by atoms with Crippen molar-refractivity contribution in [1.29, 1.82) is 0 Å². The molecule has 40 heavy (non-hydrogen) atoms. The topological polar surface area (TPSA) is 317 Å². The van der Waals surface area contributed by atoms with Crippen LogP contribution in [0.1, 0.15) is 12.6 Å². The Kier molecular flexibility index (Phi) is 10.2. The fourth-order valence-corrected chi connectivity index (χ4v) is 6.82. The van der Waals surface area contributed by atoms with Gasteiger partial charge in [-0.05, 0) is 12.5 Å². The largest absolute Gasteiger partial charge is 0.480 e. The lowest BCUT2D eigenvalue weighted by Gasteiger charge is -2.19. The minimum Gasteiger partial charge on any atom is -0.387 e. The number of aliphatic hydroxyl groups is 2. The number of amides is 1. The van der Waals surface area contributed by atoms with E-state index >= 15 is 0 Å². The number of phosphoric acid groups is 1. The van der Waals surface area contributed by atoms with Crippen LogP contribution in [0.2, 0.25) is 0 Å². The first-order valence-electron chi connectivity index (χ1n) is 11.0. The number of aromatic amines is 1. The number of fused-ring (bicyclic) bond motifs is 1. The van der Waals surface area contributed by atoms with E-state index in [1.54, 1.807) is 0 Å². The van der Waals surface area contributed by atoms with Crippen LogP contribution in [-0.4, -0.2) is 93.2 Å². The Bertz CT molecular complexity index is 1440. The predicted molar refractivity (Wildman–Crippen MR) is 132 cm³/mol. The van der Waals surface area contributed by atoms with Gasteiger partial charge in [0, 0.05) is 13.1 Å². The van der Waals surface area contributed by atoms with Gasteiger partial charge in [0.2, 0.25) is 11.9 Å². The molecule has 6 atom stereocenters. The van der Waals surface area contributed by atoms with E-state index in [0.717, 1.165) is 21.8 Å². The van der Waals surface area contributed by atoms with Gasteiger partial charge in [0.05, 0.1) is 12.9 Å². The summed E-state index contributed by atoms with van der Waals surface area (Å²) in [6.45, 7) is 2.92. The standard InChI is InChI=1S/C16H26N7O14P3/c1-2-9(24)17-4-3-5-18-16-20-13-10(14(27)21-16)19-7-23(13)15-12(26)11(25)8(36-15)6-35-40(33,34)37-39(31,32)22-38(28,29)30/h2,7-8,11-12,15,25-26H,1,3-6H2,(H,17,24)(H,33,34)(H2,18,20,21,27)(H4,22,28,29,30,31,32). The van der Waals surface area contributed by atoms with E-state index in [4.69, 9.17) is 14.5 Å². The Morgan fingerprint density at radius 1 is 1.20 bits per heavy atom. The fraction of sp³-hybridized carbons (Fsp3) is 0.500. The average molecular weight is 633 g/mol. The summed E-state index contributed by atoms with van der Waals surface area (Å²) < 4.78 is 49.4. The Labute approximate surface area is 223 Å². The van der Waals surface area contributed by atoms with Crippen LogP contribution in [-0.2, 0) is 32.1 Å². The van der Waals surface area contributed by atoms with Crippen LogP contribution in [0.3, 0.4) is 0 Å². The van der Waals surface area contributed by atoms with Crippen LogP contribution in [0, 0.1) is 0 Å². The van der Waals surface area contributed by atoms with E-state index in [0.29, 0.717) is 13.0 Å². The Hall–Kier alpha value is -2.35. The minimum atomic E-state index is -5.52. The monoisotopic (exact) mass is 633 g/mol. The third-order valence-electron chi connectivity index (χ3n) is 5.05. The highest BCUT2D eigenvalue weighted by Crippen LogP contribution is 2.61. The number of rotatable bonds is 14. The second-order valence-corrected chi connectivity index (χ2v) is 12.8. The number of carbonyl (C=O) groups excluding carboxylic acids is 1. The van der Waals surface area contributed by atoms with Gasteiger partial charge in [-0.3, -0.25) is 23.7 Å². The zero-order chi connectivity index (χ0) is 29.9. The lowest BCUT2D eigenvalue weighted by Crippen LogP contribution is -2.33. The van der Waals surface area contributed by atoms with E-state index < -0.39 is 60.0 Å². The molecule has 0 aliphatic carbocycles. The number of nitrogens with zero attached hydrogens (tertiary/aromatic N) is 3. The number of phosphoric ester groups is 1. The molecule has 2 aromatic rings. The summed E-state index contributed by atoms with van der Waals surface area (Å²) in [6, 6.07) is 0. The number of anilines is 1. The molecule has 24 heteroatoms. The molecule has 1 amide bonds. The summed E-state index contributed by atoms with van der Waals surface area (Å²) in [5.41, 5.74) is -0.891. The Morgan fingerprint density at radius 3 is 2.55 bits per heavy atom. The van der Waals surface area contributed by atoms with E-state index in [2.05, 4.69) is 41.0 Å². The van der Waals surface area contributed by atoms with Crippen LogP contribution < -0.4 is 21.1 Å². The molecule has 0 spiro atoms. The van der Waals surface area contributed by atoms with Gasteiger partial charge >= 0.3 is 23.3 Å². The van der Waals surface area contributed by atoms with Gasteiger partial charge in [0.15, 0.2) is 17.4 Å². The maximum atomic E-state index is 12.4. The molecule has 3 rings (SSSR count). The number of hydrogen-bond donors (Lipinski definition) is 10. The molecule has 10 N–H and O–H groups in total. The molecule has 1 saturated heterocycles. The van der Waals surface area contributed by atoms with Crippen molar-refractivity contribution < 1.29 is 61.8 Å². The molecule has 0 saturated carbocycles. The Morgan fingerprint density at radius 2 is 1.90 bits per heavy atom. The molecule has 3 heterocycles. The van der Waals surface area contributed by atoms with Crippen LogP contribution in [0.5, 0.6) is 0 Å². The number of carbonyl (C=O) groups is 1. The predicted octanol–water partition coefficient (Wildman–Crippen LogP) is -2.24. The maximum Gasteiger partial charge on any atom is 0.480 e. The highest BCUT2D eigenvalue weighted by molar-refractivity contribution is 7.70. The number of ether oxygens (including phenoxy) is 1. The van der Waals surface area contributed by atoms with E-state index in [1.807, 2.05) is 0 Å². The number of hydrogen-bond acceptors (Lipinski definition) is 13. The van der Waals surface area contributed by atoms with Crippen molar-refractivity contribution in [3.63, 3.8) is 0 Å². The highest BCUT2D eigenvalue weighted by Gasteiger charge is 2.46. The molecule has 2 aromatic heterocycles. The third-order valence-corrected chi connectivity index (χ3v) is 9.29. The molecule has 0 bridgehead atoms. The summed E-state index contributed by atoms with van der Waals surface area (Å²) in [4.78, 5) is 71.4. The zero-order valence-electron chi connectivity index (χ0n) is 20.1. The molecule has 1 aliphatic rings. The minimum absolute atomic E-state index is 0.0120. The summed E-state index contributed by atoms with van der Waals surface area (Å²) in [5, 5.41) is 26.3. The average Bonchev–Trinajstić information content (AvgIpc) is 3.36. The summed E-state index contributed by atoms with van der Waals surface area (Å²) in [5.74, 6) is -0.338. The number of aliphatic hydroxyl groups excluding tert-OH is 2.